The van der Waals surface area contributed by atoms with Crippen molar-refractivity contribution in [3.8, 4) is 0 Å². The molecule has 0 aliphatic carbocycles. The minimum absolute atomic E-state index is 0.219. The Labute approximate surface area is 157 Å². The normalized spacial score (nSPS) is 14.2. The smallest absolute Gasteiger partial charge is 0.0434 e. The summed E-state index contributed by atoms with van der Waals surface area (Å²) in [5.41, 5.74) is 5.79. The van der Waals surface area contributed by atoms with Crippen LogP contribution in [0, 0.1) is 11.8 Å². The Morgan fingerprint density at radius 2 is 1.28 bits per heavy atom. The molecule has 0 heterocycles. The molecule has 0 spiro atoms. The molecule has 0 aliphatic rings. The number of rotatable bonds is 19. The van der Waals surface area contributed by atoms with Crippen LogP contribution in [0.5, 0.6) is 0 Å². The second-order valence-electron chi connectivity index (χ2n) is 7.54. The second-order valence-corrected chi connectivity index (χ2v) is 7.54. The Kier molecular flexibility index (Phi) is 19.6. The van der Waals surface area contributed by atoms with Crippen molar-refractivity contribution in [1.29, 1.82) is 0 Å². The van der Waals surface area contributed by atoms with Crippen molar-refractivity contribution in [3.63, 3.8) is 0 Å². The molecule has 2 atom stereocenters. The van der Waals surface area contributed by atoms with Gasteiger partial charge in [-0.3, -0.25) is 0 Å². The standard InChI is InChI=1S/C22H45NO2/c1-2-3-4-5-6-7-8-9-10-11-12-13-14-21(15-17-24)19-22(20-23)16-18-25/h9-10,21-22,24-25H,2-8,11-20,23H2,1H3/b10-9-. The molecule has 0 aliphatic heterocycles. The molecule has 0 amide bonds. The van der Waals surface area contributed by atoms with E-state index < -0.39 is 0 Å². The van der Waals surface area contributed by atoms with Crippen molar-refractivity contribution in [3.05, 3.63) is 12.2 Å². The van der Waals surface area contributed by atoms with Crippen LogP contribution in [0.2, 0.25) is 0 Å². The Hall–Kier alpha value is -0.380. The van der Waals surface area contributed by atoms with Crippen LogP contribution in [-0.4, -0.2) is 30.0 Å². The van der Waals surface area contributed by atoms with Crippen LogP contribution in [-0.2, 0) is 0 Å². The van der Waals surface area contributed by atoms with Gasteiger partial charge in [0.25, 0.3) is 0 Å². The van der Waals surface area contributed by atoms with Gasteiger partial charge in [-0.2, -0.15) is 0 Å². The van der Waals surface area contributed by atoms with Crippen LogP contribution in [0.3, 0.4) is 0 Å². The molecule has 0 aromatic rings. The van der Waals surface area contributed by atoms with Gasteiger partial charge in [-0.15, -0.1) is 0 Å². The van der Waals surface area contributed by atoms with E-state index in [9.17, 15) is 5.11 Å². The molecule has 4 N–H and O–H groups in total. The Balaban J connectivity index is 3.65. The first-order valence-electron chi connectivity index (χ1n) is 10.8. The van der Waals surface area contributed by atoms with Crippen LogP contribution in [0.1, 0.15) is 96.8 Å². The molecular formula is C22H45NO2. The van der Waals surface area contributed by atoms with Gasteiger partial charge in [-0.05, 0) is 63.3 Å². The molecule has 0 bridgehead atoms. The molecule has 0 saturated carbocycles. The van der Waals surface area contributed by atoms with E-state index in [1.54, 1.807) is 0 Å². The van der Waals surface area contributed by atoms with Gasteiger partial charge in [0.05, 0.1) is 0 Å². The van der Waals surface area contributed by atoms with Crippen molar-refractivity contribution in [2.75, 3.05) is 19.8 Å². The van der Waals surface area contributed by atoms with E-state index in [1.165, 1.54) is 70.6 Å². The summed E-state index contributed by atoms with van der Waals surface area (Å²) >= 11 is 0. The van der Waals surface area contributed by atoms with E-state index >= 15 is 0 Å². The third kappa shape index (κ3) is 16.8. The summed E-state index contributed by atoms with van der Waals surface area (Å²) in [6, 6.07) is 0. The van der Waals surface area contributed by atoms with Crippen molar-refractivity contribution in [2.45, 2.75) is 96.8 Å². The summed E-state index contributed by atoms with van der Waals surface area (Å²) in [7, 11) is 0. The van der Waals surface area contributed by atoms with E-state index in [0.717, 1.165) is 19.3 Å². The maximum absolute atomic E-state index is 9.25. The molecule has 150 valence electrons. The Morgan fingerprint density at radius 3 is 1.88 bits per heavy atom. The van der Waals surface area contributed by atoms with E-state index in [2.05, 4.69) is 19.1 Å². The zero-order valence-electron chi connectivity index (χ0n) is 16.8. The predicted octanol–water partition coefficient (Wildman–Crippen LogP) is 5.20. The topological polar surface area (TPSA) is 66.5 Å². The summed E-state index contributed by atoms with van der Waals surface area (Å²) in [6.07, 6.45) is 21.7. The van der Waals surface area contributed by atoms with Crippen LogP contribution in [0.25, 0.3) is 0 Å². The molecule has 2 unspecified atom stereocenters. The molecule has 0 radical (unpaired) electrons. The average molecular weight is 356 g/mol. The molecule has 0 aromatic heterocycles. The molecule has 0 saturated heterocycles. The lowest BCUT2D eigenvalue weighted by Gasteiger charge is -2.21. The van der Waals surface area contributed by atoms with Gasteiger partial charge in [-0.25, -0.2) is 0 Å². The van der Waals surface area contributed by atoms with Gasteiger partial charge in [-0.1, -0.05) is 64.0 Å². The zero-order chi connectivity index (χ0) is 18.6. The average Bonchev–Trinajstić information content (AvgIpc) is 2.62. The first-order chi connectivity index (χ1) is 12.3. The SMILES string of the molecule is CCCCCCCC/C=C\CCCCC(CCO)CC(CN)CCO. The fourth-order valence-corrected chi connectivity index (χ4v) is 3.52. The molecule has 3 heteroatoms. The summed E-state index contributed by atoms with van der Waals surface area (Å²) in [6.45, 7) is 3.39. The number of aliphatic hydroxyl groups is 2. The fraction of sp³-hybridized carbons (Fsp3) is 0.909. The molecular weight excluding hydrogens is 310 g/mol. The fourth-order valence-electron chi connectivity index (χ4n) is 3.52. The van der Waals surface area contributed by atoms with E-state index in [0.29, 0.717) is 18.4 Å². The van der Waals surface area contributed by atoms with Crippen molar-refractivity contribution >= 4 is 0 Å². The van der Waals surface area contributed by atoms with Gasteiger partial charge in [0, 0.05) is 13.2 Å². The van der Waals surface area contributed by atoms with Gasteiger partial charge >= 0.3 is 0 Å². The highest BCUT2D eigenvalue weighted by Gasteiger charge is 2.14. The first kappa shape index (κ1) is 24.6. The highest BCUT2D eigenvalue weighted by atomic mass is 16.3. The summed E-state index contributed by atoms with van der Waals surface area (Å²) < 4.78 is 0. The van der Waals surface area contributed by atoms with Crippen LogP contribution < -0.4 is 5.73 Å². The lowest BCUT2D eigenvalue weighted by atomic mass is 9.86. The number of allylic oxidation sites excluding steroid dienone is 2. The zero-order valence-corrected chi connectivity index (χ0v) is 16.8. The molecule has 0 fully saturated rings. The van der Waals surface area contributed by atoms with Crippen LogP contribution in [0.15, 0.2) is 12.2 Å². The lowest BCUT2D eigenvalue weighted by molar-refractivity contribution is 0.207. The van der Waals surface area contributed by atoms with Crippen LogP contribution in [0.4, 0.5) is 0 Å². The maximum Gasteiger partial charge on any atom is 0.0434 e. The quantitative estimate of drug-likeness (QED) is 0.220. The lowest BCUT2D eigenvalue weighted by Crippen LogP contribution is -2.20. The van der Waals surface area contributed by atoms with Gasteiger partial charge in [0.15, 0.2) is 0 Å². The Morgan fingerprint density at radius 1 is 0.720 bits per heavy atom. The van der Waals surface area contributed by atoms with Crippen molar-refractivity contribution in [2.24, 2.45) is 17.6 Å². The maximum atomic E-state index is 9.25. The Bertz CT molecular complexity index is 281. The third-order valence-corrected chi connectivity index (χ3v) is 5.20. The van der Waals surface area contributed by atoms with E-state index in [1.807, 2.05) is 0 Å². The molecule has 0 rings (SSSR count). The number of hydrogen-bond donors (Lipinski definition) is 3. The summed E-state index contributed by atoms with van der Waals surface area (Å²) in [5.74, 6) is 0.955. The van der Waals surface area contributed by atoms with Crippen molar-refractivity contribution in [1.82, 2.24) is 0 Å². The van der Waals surface area contributed by atoms with E-state index in [4.69, 9.17) is 10.8 Å². The molecule has 25 heavy (non-hydrogen) atoms. The van der Waals surface area contributed by atoms with Crippen LogP contribution >= 0.6 is 0 Å². The van der Waals surface area contributed by atoms with E-state index in [-0.39, 0.29) is 13.2 Å². The van der Waals surface area contributed by atoms with Crippen molar-refractivity contribution < 1.29 is 10.2 Å². The number of unbranched alkanes of at least 4 members (excludes halogenated alkanes) is 8. The highest BCUT2D eigenvalue weighted by Crippen LogP contribution is 2.23. The second kappa shape index (κ2) is 19.9. The minimum Gasteiger partial charge on any atom is -0.396 e. The molecule has 0 aromatic carbocycles. The largest absolute Gasteiger partial charge is 0.396 e. The number of nitrogens with two attached hydrogens (primary N) is 1. The minimum atomic E-state index is 0.219. The highest BCUT2D eigenvalue weighted by molar-refractivity contribution is 4.81. The summed E-state index contributed by atoms with van der Waals surface area (Å²) in [4.78, 5) is 0. The predicted molar refractivity (Wildman–Crippen MR) is 110 cm³/mol. The molecule has 3 nitrogen and oxygen atoms in total. The number of aliphatic hydroxyl groups excluding tert-OH is 2. The van der Waals surface area contributed by atoms with Gasteiger partial charge < -0.3 is 15.9 Å². The monoisotopic (exact) mass is 355 g/mol. The first-order valence-corrected chi connectivity index (χ1v) is 10.8. The third-order valence-electron chi connectivity index (χ3n) is 5.20. The van der Waals surface area contributed by atoms with Gasteiger partial charge in [0.1, 0.15) is 0 Å². The van der Waals surface area contributed by atoms with Gasteiger partial charge in [0.2, 0.25) is 0 Å². The number of hydrogen-bond acceptors (Lipinski definition) is 3. The summed E-state index contributed by atoms with van der Waals surface area (Å²) in [5, 5.41) is 18.3.